The Kier molecular flexibility index (Phi) is 4.08. The normalized spacial score (nSPS) is 22.5. The first-order valence-corrected chi connectivity index (χ1v) is 10.7. The van der Waals surface area contributed by atoms with Crippen molar-refractivity contribution in [3.63, 3.8) is 0 Å². The number of rotatable bonds is 5. The molecule has 0 unspecified atom stereocenters. The van der Waals surface area contributed by atoms with Gasteiger partial charge in [-0.25, -0.2) is 0 Å². The van der Waals surface area contributed by atoms with Crippen molar-refractivity contribution < 1.29 is 13.2 Å². The summed E-state index contributed by atoms with van der Waals surface area (Å²) in [4.78, 5) is 2.09. The van der Waals surface area contributed by atoms with Crippen LogP contribution in [0.1, 0.15) is 24.6 Å². The fourth-order valence-electron chi connectivity index (χ4n) is 3.58. The topological polar surface area (TPSA) is 96.2 Å². The number of ether oxygens (including phenoxy) is 1. The second-order valence-corrected chi connectivity index (χ2v) is 9.38. The first-order chi connectivity index (χ1) is 13.0. The average molecular weight is 393 g/mol. The smallest absolute Gasteiger partial charge is 0.282 e. The summed E-state index contributed by atoms with van der Waals surface area (Å²) in [6.45, 7) is 2.99. The molecule has 0 bridgehead atoms. The van der Waals surface area contributed by atoms with Gasteiger partial charge in [0.25, 0.3) is 10.2 Å². The Morgan fingerprint density at radius 3 is 2.59 bits per heavy atom. The summed E-state index contributed by atoms with van der Waals surface area (Å²) in [6, 6.07) is 3.79. The first-order valence-electron chi connectivity index (χ1n) is 9.32. The number of morpholine rings is 1. The molecule has 0 amide bonds. The maximum atomic E-state index is 12.8. The minimum absolute atomic E-state index is 0.0563. The van der Waals surface area contributed by atoms with Gasteiger partial charge >= 0.3 is 0 Å². The molecular formula is C16H23N7O3S. The summed E-state index contributed by atoms with van der Waals surface area (Å²) >= 11 is 0. The van der Waals surface area contributed by atoms with E-state index < -0.39 is 10.2 Å². The van der Waals surface area contributed by atoms with Crippen molar-refractivity contribution >= 4 is 21.7 Å². The van der Waals surface area contributed by atoms with Crippen LogP contribution in [0.15, 0.2) is 12.1 Å². The first kappa shape index (κ1) is 17.3. The fourth-order valence-corrected chi connectivity index (χ4v) is 5.07. The lowest BCUT2D eigenvalue weighted by molar-refractivity contribution is 0.0695. The van der Waals surface area contributed by atoms with Gasteiger partial charge in [0.15, 0.2) is 11.5 Å². The van der Waals surface area contributed by atoms with E-state index in [1.165, 1.54) is 8.61 Å². The van der Waals surface area contributed by atoms with Crippen molar-refractivity contribution in [2.75, 3.05) is 51.3 Å². The molecule has 5 rings (SSSR count). The number of anilines is 1. The predicted octanol–water partition coefficient (Wildman–Crippen LogP) is -0.301. The van der Waals surface area contributed by atoms with Crippen molar-refractivity contribution in [3.8, 4) is 0 Å². The lowest BCUT2D eigenvalue weighted by Crippen LogP contribution is -2.62. The Balaban J connectivity index is 1.28. The summed E-state index contributed by atoms with van der Waals surface area (Å²) in [7, 11) is -1.79. The molecule has 2 aromatic rings. The molecule has 1 saturated carbocycles. The minimum Gasteiger partial charge on any atom is -0.379 e. The van der Waals surface area contributed by atoms with Crippen molar-refractivity contribution in [2.45, 2.75) is 24.8 Å². The fraction of sp³-hybridized carbons (Fsp3) is 0.688. The lowest BCUT2D eigenvalue weighted by atomic mass is 10.1. The van der Waals surface area contributed by atoms with E-state index in [0.717, 1.165) is 30.1 Å². The highest BCUT2D eigenvalue weighted by Gasteiger charge is 2.39. The largest absolute Gasteiger partial charge is 0.379 e. The molecule has 3 aliphatic rings. The Morgan fingerprint density at radius 2 is 1.89 bits per heavy atom. The summed E-state index contributed by atoms with van der Waals surface area (Å²) in [5, 5.41) is 13.1. The Labute approximate surface area is 157 Å². The second-order valence-electron chi connectivity index (χ2n) is 7.39. The molecule has 3 fully saturated rings. The highest BCUT2D eigenvalue weighted by Crippen LogP contribution is 2.38. The van der Waals surface area contributed by atoms with Gasteiger partial charge in [-0.3, -0.25) is 0 Å². The molecule has 2 aliphatic heterocycles. The molecule has 0 atom stereocenters. The van der Waals surface area contributed by atoms with E-state index >= 15 is 0 Å². The molecule has 10 nitrogen and oxygen atoms in total. The number of likely N-dealkylation sites (N-methyl/N-ethyl adjacent to an activating group) is 1. The molecular weight excluding hydrogens is 370 g/mol. The lowest BCUT2D eigenvalue weighted by Gasteiger charge is -2.45. The van der Waals surface area contributed by atoms with Gasteiger partial charge in [0, 0.05) is 39.1 Å². The number of nitrogens with zero attached hydrogens (tertiary/aromatic N) is 7. The van der Waals surface area contributed by atoms with Gasteiger partial charge in [-0.05, 0) is 25.0 Å². The van der Waals surface area contributed by atoms with Gasteiger partial charge in [0.2, 0.25) is 0 Å². The zero-order chi connectivity index (χ0) is 18.6. The van der Waals surface area contributed by atoms with E-state index in [0.29, 0.717) is 45.3 Å². The van der Waals surface area contributed by atoms with Gasteiger partial charge in [-0.1, -0.05) is 0 Å². The van der Waals surface area contributed by atoms with E-state index in [2.05, 4.69) is 20.2 Å². The zero-order valence-corrected chi connectivity index (χ0v) is 16.0. The van der Waals surface area contributed by atoms with Crippen molar-refractivity contribution in [3.05, 3.63) is 18.0 Å². The third-order valence-corrected chi connectivity index (χ3v) is 7.62. The maximum absolute atomic E-state index is 12.8. The Bertz CT molecular complexity index is 946. The van der Waals surface area contributed by atoms with Gasteiger partial charge in [-0.2, -0.15) is 21.5 Å². The molecule has 0 aromatic carbocycles. The van der Waals surface area contributed by atoms with E-state index in [9.17, 15) is 8.42 Å². The van der Waals surface area contributed by atoms with Gasteiger partial charge < -0.3 is 9.64 Å². The van der Waals surface area contributed by atoms with Gasteiger partial charge in [0.1, 0.15) is 5.82 Å². The van der Waals surface area contributed by atoms with Crippen molar-refractivity contribution in [2.24, 2.45) is 0 Å². The number of aromatic nitrogens is 4. The van der Waals surface area contributed by atoms with Crippen LogP contribution in [0, 0.1) is 0 Å². The number of fused-ring (bicyclic) bond motifs is 1. The third kappa shape index (κ3) is 2.98. The standard InChI is InChI=1S/C16H23N7O3S/c1-20(27(24,25)22-6-8-26-9-7-22)13-10-21(11-13)15-5-4-14-17-18-16(12-2-3-12)23(14)19-15/h4-5,12-13H,2-3,6-11H2,1H3. The van der Waals surface area contributed by atoms with E-state index in [-0.39, 0.29) is 6.04 Å². The van der Waals surface area contributed by atoms with Crippen LogP contribution in [0.25, 0.3) is 5.65 Å². The molecule has 11 heteroatoms. The van der Waals surface area contributed by atoms with Crippen LogP contribution in [-0.4, -0.2) is 89.3 Å². The van der Waals surface area contributed by atoms with Crippen molar-refractivity contribution in [1.29, 1.82) is 0 Å². The summed E-state index contributed by atoms with van der Waals surface area (Å²) in [5.41, 5.74) is 0.754. The van der Waals surface area contributed by atoms with Crippen LogP contribution < -0.4 is 4.90 Å². The van der Waals surface area contributed by atoms with E-state index in [1.54, 1.807) is 7.05 Å². The summed E-state index contributed by atoms with van der Waals surface area (Å²) in [5.74, 6) is 2.23. The highest BCUT2D eigenvalue weighted by atomic mass is 32.2. The predicted molar refractivity (Wildman–Crippen MR) is 97.8 cm³/mol. The van der Waals surface area contributed by atoms with Crippen molar-refractivity contribution in [1.82, 2.24) is 28.4 Å². The maximum Gasteiger partial charge on any atom is 0.282 e. The summed E-state index contributed by atoms with van der Waals surface area (Å²) < 4.78 is 35.6. The Morgan fingerprint density at radius 1 is 1.15 bits per heavy atom. The van der Waals surface area contributed by atoms with Gasteiger partial charge in [-0.15, -0.1) is 15.3 Å². The number of hydrogen-bond donors (Lipinski definition) is 0. The Hall–Kier alpha value is -1.82. The van der Waals surface area contributed by atoms with Gasteiger partial charge in [0.05, 0.1) is 19.3 Å². The van der Waals surface area contributed by atoms with Crippen LogP contribution in [0.2, 0.25) is 0 Å². The quantitative estimate of drug-likeness (QED) is 0.688. The number of hydrogen-bond acceptors (Lipinski definition) is 7. The van der Waals surface area contributed by atoms with Crippen LogP contribution in [0.4, 0.5) is 5.82 Å². The molecule has 2 aromatic heterocycles. The molecule has 0 spiro atoms. The van der Waals surface area contributed by atoms with Crippen LogP contribution in [0.3, 0.4) is 0 Å². The van der Waals surface area contributed by atoms with Crippen LogP contribution in [-0.2, 0) is 14.9 Å². The van der Waals surface area contributed by atoms with E-state index in [1.807, 2.05) is 16.6 Å². The average Bonchev–Trinajstić information content (AvgIpc) is 3.40. The molecule has 1 aliphatic carbocycles. The molecule has 2 saturated heterocycles. The highest BCUT2D eigenvalue weighted by molar-refractivity contribution is 7.86. The summed E-state index contributed by atoms with van der Waals surface area (Å²) in [6.07, 6.45) is 2.28. The molecule has 4 heterocycles. The third-order valence-electron chi connectivity index (χ3n) is 5.58. The zero-order valence-electron chi connectivity index (χ0n) is 15.2. The molecule has 146 valence electrons. The monoisotopic (exact) mass is 393 g/mol. The van der Waals surface area contributed by atoms with Crippen LogP contribution in [0.5, 0.6) is 0 Å². The molecule has 27 heavy (non-hydrogen) atoms. The molecule has 0 radical (unpaired) electrons. The minimum atomic E-state index is -3.45. The SMILES string of the molecule is CN(C1CN(c2ccc3nnc(C4CC4)n3n2)C1)S(=O)(=O)N1CCOCC1. The second kappa shape index (κ2) is 6.36. The van der Waals surface area contributed by atoms with E-state index in [4.69, 9.17) is 4.74 Å². The van der Waals surface area contributed by atoms with Crippen LogP contribution >= 0.6 is 0 Å². The molecule has 0 N–H and O–H groups in total.